The predicted octanol–water partition coefficient (Wildman–Crippen LogP) is 5.30. The standard InChI is InChI=1S/C27H24ClNO6/c1-15-8-10-17(11-9-15)29-24(16-6-5-7-18(12-16)33-2)23(26(31)27(29)32)25(30)19-13-20(28)22(35-4)14-21(19)34-3/h5-14,24,30H,1-4H3/b25-23+. The van der Waals surface area contributed by atoms with Gasteiger partial charge in [0.05, 0.1) is 43.5 Å². The van der Waals surface area contributed by atoms with Gasteiger partial charge >= 0.3 is 0 Å². The van der Waals surface area contributed by atoms with E-state index in [1.54, 1.807) is 36.4 Å². The first-order chi connectivity index (χ1) is 16.8. The zero-order valence-electron chi connectivity index (χ0n) is 19.7. The topological polar surface area (TPSA) is 85.3 Å². The first-order valence-electron chi connectivity index (χ1n) is 10.7. The molecular weight excluding hydrogens is 470 g/mol. The van der Waals surface area contributed by atoms with Gasteiger partial charge in [-0.15, -0.1) is 0 Å². The van der Waals surface area contributed by atoms with Crippen LogP contribution in [0.25, 0.3) is 5.76 Å². The van der Waals surface area contributed by atoms with Gasteiger partial charge in [0.2, 0.25) is 0 Å². The molecule has 0 saturated carbocycles. The number of rotatable bonds is 6. The summed E-state index contributed by atoms with van der Waals surface area (Å²) in [6, 6.07) is 16.3. The summed E-state index contributed by atoms with van der Waals surface area (Å²) in [7, 11) is 4.40. The van der Waals surface area contributed by atoms with Gasteiger partial charge in [-0.2, -0.15) is 0 Å². The summed E-state index contributed by atoms with van der Waals surface area (Å²) in [5.41, 5.74) is 2.17. The molecule has 1 unspecified atom stereocenters. The van der Waals surface area contributed by atoms with Crippen molar-refractivity contribution >= 4 is 34.7 Å². The van der Waals surface area contributed by atoms with E-state index >= 15 is 0 Å². The summed E-state index contributed by atoms with van der Waals surface area (Å²) < 4.78 is 16.0. The van der Waals surface area contributed by atoms with E-state index in [1.807, 2.05) is 19.1 Å². The zero-order chi connectivity index (χ0) is 25.3. The molecule has 35 heavy (non-hydrogen) atoms. The van der Waals surface area contributed by atoms with Crippen molar-refractivity contribution in [3.05, 3.63) is 87.9 Å². The minimum atomic E-state index is -0.918. The Hall–Kier alpha value is -3.97. The van der Waals surface area contributed by atoms with E-state index < -0.39 is 23.5 Å². The van der Waals surface area contributed by atoms with Gasteiger partial charge in [-0.25, -0.2) is 0 Å². The SMILES string of the molecule is COc1cccc(C2/C(=C(\O)c3cc(Cl)c(OC)cc3OC)C(=O)C(=O)N2c2ccc(C)cc2)c1. The third kappa shape index (κ3) is 4.31. The van der Waals surface area contributed by atoms with Crippen molar-refractivity contribution in [1.82, 2.24) is 0 Å². The van der Waals surface area contributed by atoms with E-state index in [-0.39, 0.29) is 21.9 Å². The minimum Gasteiger partial charge on any atom is -0.507 e. The molecule has 1 aliphatic heterocycles. The van der Waals surface area contributed by atoms with Crippen molar-refractivity contribution < 1.29 is 28.9 Å². The Balaban J connectivity index is 1.99. The highest BCUT2D eigenvalue weighted by Crippen LogP contribution is 2.45. The van der Waals surface area contributed by atoms with Crippen LogP contribution in [0.2, 0.25) is 5.02 Å². The molecule has 0 spiro atoms. The van der Waals surface area contributed by atoms with Crippen molar-refractivity contribution in [1.29, 1.82) is 0 Å². The highest BCUT2D eigenvalue weighted by Gasteiger charge is 2.47. The fourth-order valence-electron chi connectivity index (χ4n) is 4.12. The molecule has 8 heteroatoms. The number of ketones is 1. The number of carbonyl (C=O) groups is 2. The third-order valence-electron chi connectivity index (χ3n) is 5.90. The zero-order valence-corrected chi connectivity index (χ0v) is 20.4. The molecule has 1 atom stereocenters. The lowest BCUT2D eigenvalue weighted by atomic mass is 9.94. The quantitative estimate of drug-likeness (QED) is 0.285. The van der Waals surface area contributed by atoms with Crippen LogP contribution >= 0.6 is 11.6 Å². The number of aryl methyl sites for hydroxylation is 1. The number of Topliss-reactive ketones (excluding diaryl/α,β-unsaturated/α-hetero) is 1. The predicted molar refractivity (Wildman–Crippen MR) is 134 cm³/mol. The summed E-state index contributed by atoms with van der Waals surface area (Å²) in [4.78, 5) is 28.1. The van der Waals surface area contributed by atoms with Gasteiger partial charge in [0.15, 0.2) is 0 Å². The number of aliphatic hydroxyl groups excluding tert-OH is 1. The lowest BCUT2D eigenvalue weighted by Crippen LogP contribution is -2.29. The van der Waals surface area contributed by atoms with Crippen molar-refractivity contribution in [2.75, 3.05) is 26.2 Å². The largest absolute Gasteiger partial charge is 0.507 e. The molecule has 0 bridgehead atoms. The maximum absolute atomic E-state index is 13.4. The number of hydrogen-bond donors (Lipinski definition) is 1. The molecule has 1 saturated heterocycles. The number of carbonyl (C=O) groups excluding carboxylic acids is 2. The number of amides is 1. The molecule has 0 aromatic heterocycles. The average molecular weight is 494 g/mol. The second kappa shape index (κ2) is 9.72. The summed E-state index contributed by atoms with van der Waals surface area (Å²) in [5, 5.41) is 11.7. The molecule has 180 valence electrons. The van der Waals surface area contributed by atoms with Crippen LogP contribution in [0.15, 0.2) is 66.2 Å². The molecule has 1 amide bonds. The molecule has 0 aliphatic carbocycles. The van der Waals surface area contributed by atoms with E-state index in [4.69, 9.17) is 25.8 Å². The van der Waals surface area contributed by atoms with Crippen molar-refractivity contribution in [2.45, 2.75) is 13.0 Å². The molecule has 1 fully saturated rings. The molecule has 0 radical (unpaired) electrons. The number of nitrogens with zero attached hydrogens (tertiary/aromatic N) is 1. The van der Waals surface area contributed by atoms with Gasteiger partial charge in [0.1, 0.15) is 23.0 Å². The van der Waals surface area contributed by atoms with E-state index in [0.29, 0.717) is 22.7 Å². The second-order valence-electron chi connectivity index (χ2n) is 7.97. The Kier molecular flexibility index (Phi) is 6.71. The van der Waals surface area contributed by atoms with E-state index in [0.717, 1.165) is 5.56 Å². The lowest BCUT2D eigenvalue weighted by Gasteiger charge is -2.26. The molecule has 1 heterocycles. The number of halogens is 1. The third-order valence-corrected chi connectivity index (χ3v) is 6.19. The molecule has 3 aromatic carbocycles. The van der Waals surface area contributed by atoms with Crippen molar-refractivity contribution in [2.24, 2.45) is 0 Å². The maximum Gasteiger partial charge on any atom is 0.300 e. The van der Waals surface area contributed by atoms with Gasteiger partial charge in [-0.05, 0) is 42.8 Å². The smallest absolute Gasteiger partial charge is 0.300 e. The van der Waals surface area contributed by atoms with E-state index in [9.17, 15) is 14.7 Å². The highest BCUT2D eigenvalue weighted by atomic mass is 35.5. The minimum absolute atomic E-state index is 0.0941. The normalized spacial score (nSPS) is 16.9. The van der Waals surface area contributed by atoms with Crippen molar-refractivity contribution in [3.63, 3.8) is 0 Å². The number of aliphatic hydroxyl groups is 1. The second-order valence-corrected chi connectivity index (χ2v) is 8.38. The summed E-state index contributed by atoms with van der Waals surface area (Å²) in [6.07, 6.45) is 0. The molecule has 1 aliphatic rings. The Morgan fingerprint density at radius 3 is 2.23 bits per heavy atom. The molecular formula is C27H24ClNO6. The number of anilines is 1. The van der Waals surface area contributed by atoms with E-state index in [2.05, 4.69) is 0 Å². The van der Waals surface area contributed by atoms with Crippen LogP contribution in [0.1, 0.15) is 22.7 Å². The Bertz CT molecular complexity index is 1330. The summed E-state index contributed by atoms with van der Waals surface area (Å²) >= 11 is 6.31. The molecule has 3 aromatic rings. The van der Waals surface area contributed by atoms with Crippen LogP contribution in [0.5, 0.6) is 17.2 Å². The van der Waals surface area contributed by atoms with Gasteiger partial charge in [0, 0.05) is 11.8 Å². The monoisotopic (exact) mass is 493 g/mol. The van der Waals surface area contributed by atoms with Gasteiger partial charge < -0.3 is 19.3 Å². The fraction of sp³-hybridized carbons (Fsp3) is 0.185. The number of methoxy groups -OCH3 is 3. The van der Waals surface area contributed by atoms with Crippen molar-refractivity contribution in [3.8, 4) is 17.2 Å². The van der Waals surface area contributed by atoms with E-state index in [1.165, 1.54) is 38.4 Å². The molecule has 7 nitrogen and oxygen atoms in total. The number of ether oxygens (including phenoxy) is 3. The molecule has 1 N–H and O–H groups in total. The van der Waals surface area contributed by atoms with Crippen LogP contribution < -0.4 is 19.1 Å². The van der Waals surface area contributed by atoms with Gasteiger partial charge in [-0.1, -0.05) is 41.4 Å². The maximum atomic E-state index is 13.4. The van der Waals surface area contributed by atoms with Gasteiger partial charge in [0.25, 0.3) is 11.7 Å². The Morgan fingerprint density at radius 2 is 1.60 bits per heavy atom. The fourth-order valence-corrected chi connectivity index (χ4v) is 4.36. The lowest BCUT2D eigenvalue weighted by molar-refractivity contribution is -0.132. The van der Waals surface area contributed by atoms with Crippen LogP contribution in [0.3, 0.4) is 0 Å². The Morgan fingerprint density at radius 1 is 0.914 bits per heavy atom. The highest BCUT2D eigenvalue weighted by molar-refractivity contribution is 6.51. The summed E-state index contributed by atoms with van der Waals surface area (Å²) in [5.74, 6) is -0.889. The van der Waals surface area contributed by atoms with Crippen LogP contribution in [0.4, 0.5) is 5.69 Å². The Labute approximate surface area is 208 Å². The number of benzene rings is 3. The van der Waals surface area contributed by atoms with Crippen LogP contribution in [-0.2, 0) is 9.59 Å². The van der Waals surface area contributed by atoms with Gasteiger partial charge in [-0.3, -0.25) is 14.5 Å². The molecule has 4 rings (SSSR count). The van der Waals surface area contributed by atoms with Crippen LogP contribution in [0, 0.1) is 6.92 Å². The van der Waals surface area contributed by atoms with Crippen LogP contribution in [-0.4, -0.2) is 38.1 Å². The number of hydrogen-bond acceptors (Lipinski definition) is 6. The average Bonchev–Trinajstić information content (AvgIpc) is 3.14. The first-order valence-corrected chi connectivity index (χ1v) is 11.1. The first kappa shape index (κ1) is 24.2. The summed E-state index contributed by atoms with van der Waals surface area (Å²) in [6.45, 7) is 1.93.